The molecule has 2 aromatic rings. The van der Waals surface area contributed by atoms with Crippen molar-refractivity contribution in [3.8, 4) is 0 Å². The molecular formula is C17H22ClNO. The van der Waals surface area contributed by atoms with Crippen LogP contribution in [0, 0.1) is 0 Å². The number of rotatable bonds is 6. The summed E-state index contributed by atoms with van der Waals surface area (Å²) in [4.78, 5) is 0. The van der Waals surface area contributed by atoms with Crippen LogP contribution in [0.15, 0.2) is 60.7 Å². The molecule has 2 nitrogen and oxygen atoms in total. The normalized spacial score (nSPS) is 13.3. The van der Waals surface area contributed by atoms with Gasteiger partial charge in [0, 0.05) is 12.6 Å². The Hall–Kier alpha value is -1.35. The Balaban J connectivity index is 0.00000200. The minimum absolute atomic E-state index is 0. The van der Waals surface area contributed by atoms with Gasteiger partial charge < -0.3 is 10.4 Å². The molecule has 3 heteroatoms. The van der Waals surface area contributed by atoms with Gasteiger partial charge in [0.15, 0.2) is 0 Å². The summed E-state index contributed by atoms with van der Waals surface area (Å²) in [5.41, 5.74) is 2.25. The van der Waals surface area contributed by atoms with E-state index in [0.717, 1.165) is 18.5 Å². The molecule has 2 N–H and O–H groups in total. The van der Waals surface area contributed by atoms with Crippen molar-refractivity contribution >= 4 is 12.4 Å². The number of aliphatic hydroxyl groups excluding tert-OH is 1. The topological polar surface area (TPSA) is 32.3 Å². The van der Waals surface area contributed by atoms with Crippen LogP contribution in [0.3, 0.4) is 0 Å². The highest BCUT2D eigenvalue weighted by atomic mass is 35.5. The minimum atomic E-state index is -0.403. The molecule has 2 aromatic carbocycles. The van der Waals surface area contributed by atoms with E-state index in [9.17, 15) is 5.11 Å². The van der Waals surface area contributed by atoms with Gasteiger partial charge in [-0.3, -0.25) is 0 Å². The third kappa shape index (κ3) is 5.33. The summed E-state index contributed by atoms with van der Waals surface area (Å²) >= 11 is 0. The molecule has 0 spiro atoms. The first-order valence-corrected chi connectivity index (χ1v) is 6.76. The lowest BCUT2D eigenvalue weighted by atomic mass is 10.0. The van der Waals surface area contributed by atoms with Crippen LogP contribution in [0.1, 0.15) is 30.6 Å². The Morgan fingerprint density at radius 3 is 2.10 bits per heavy atom. The first-order chi connectivity index (χ1) is 9.25. The van der Waals surface area contributed by atoms with Gasteiger partial charge in [0.05, 0.1) is 6.10 Å². The Morgan fingerprint density at radius 2 is 1.50 bits per heavy atom. The fourth-order valence-electron chi connectivity index (χ4n) is 2.12. The van der Waals surface area contributed by atoms with Gasteiger partial charge in [0.25, 0.3) is 0 Å². The summed E-state index contributed by atoms with van der Waals surface area (Å²) in [5.74, 6) is 0. The van der Waals surface area contributed by atoms with Gasteiger partial charge in [-0.1, -0.05) is 60.7 Å². The average Bonchev–Trinajstić information content (AvgIpc) is 2.47. The molecule has 0 aromatic heterocycles. The third-order valence-electron chi connectivity index (χ3n) is 3.26. The van der Waals surface area contributed by atoms with E-state index in [1.54, 1.807) is 0 Å². The molecule has 0 aliphatic rings. The quantitative estimate of drug-likeness (QED) is 0.850. The molecule has 2 unspecified atom stereocenters. The van der Waals surface area contributed by atoms with E-state index in [1.165, 1.54) is 5.56 Å². The lowest BCUT2D eigenvalue weighted by molar-refractivity contribution is 0.154. The Bertz CT molecular complexity index is 475. The molecule has 0 aliphatic heterocycles. The van der Waals surface area contributed by atoms with Crippen LogP contribution in [-0.4, -0.2) is 11.1 Å². The van der Waals surface area contributed by atoms with E-state index in [0.29, 0.717) is 0 Å². The van der Waals surface area contributed by atoms with Crippen LogP contribution in [0.25, 0.3) is 0 Å². The van der Waals surface area contributed by atoms with Crippen molar-refractivity contribution in [1.29, 1.82) is 0 Å². The van der Waals surface area contributed by atoms with Gasteiger partial charge >= 0.3 is 0 Å². The predicted octanol–water partition coefficient (Wildman–Crippen LogP) is 3.71. The average molecular weight is 292 g/mol. The van der Waals surface area contributed by atoms with Crippen LogP contribution in [0.5, 0.6) is 0 Å². The maximum absolute atomic E-state index is 10.1. The van der Waals surface area contributed by atoms with Crippen molar-refractivity contribution in [1.82, 2.24) is 5.32 Å². The molecule has 2 atom stereocenters. The van der Waals surface area contributed by atoms with Gasteiger partial charge in [0.2, 0.25) is 0 Å². The predicted molar refractivity (Wildman–Crippen MR) is 86.0 cm³/mol. The smallest absolute Gasteiger partial charge is 0.0804 e. The second kappa shape index (κ2) is 8.75. The fraction of sp³-hybridized carbons (Fsp3) is 0.294. The van der Waals surface area contributed by atoms with Crippen molar-refractivity contribution in [3.63, 3.8) is 0 Å². The van der Waals surface area contributed by atoms with Gasteiger partial charge in [-0.2, -0.15) is 0 Å². The molecule has 0 saturated heterocycles. The highest BCUT2D eigenvalue weighted by Crippen LogP contribution is 2.17. The van der Waals surface area contributed by atoms with Crippen molar-refractivity contribution < 1.29 is 5.11 Å². The molecule has 0 radical (unpaired) electrons. The van der Waals surface area contributed by atoms with E-state index in [-0.39, 0.29) is 18.4 Å². The number of aliphatic hydroxyl groups is 1. The van der Waals surface area contributed by atoms with E-state index in [2.05, 4.69) is 24.4 Å². The number of benzene rings is 2. The summed E-state index contributed by atoms with van der Waals surface area (Å²) in [6, 6.07) is 20.4. The van der Waals surface area contributed by atoms with Crippen LogP contribution in [0.4, 0.5) is 0 Å². The summed E-state index contributed by atoms with van der Waals surface area (Å²) in [7, 11) is 0. The molecule has 108 valence electrons. The van der Waals surface area contributed by atoms with Crippen LogP contribution < -0.4 is 5.32 Å². The fourth-order valence-corrected chi connectivity index (χ4v) is 2.12. The molecule has 0 fully saturated rings. The second-order valence-electron chi connectivity index (χ2n) is 4.93. The van der Waals surface area contributed by atoms with E-state index < -0.39 is 6.10 Å². The number of halogens is 1. The maximum Gasteiger partial charge on any atom is 0.0804 e. The number of hydrogen-bond donors (Lipinski definition) is 2. The molecule has 0 bridgehead atoms. The van der Waals surface area contributed by atoms with E-state index in [1.807, 2.05) is 48.5 Å². The monoisotopic (exact) mass is 291 g/mol. The SMILES string of the molecule is CC(CC(O)c1ccccc1)NCc1ccccc1.Cl. The van der Waals surface area contributed by atoms with Crippen LogP contribution in [0.2, 0.25) is 0 Å². The Kier molecular flexibility index (Phi) is 7.31. The van der Waals surface area contributed by atoms with Crippen LogP contribution in [-0.2, 0) is 6.54 Å². The van der Waals surface area contributed by atoms with Crippen LogP contribution >= 0.6 is 12.4 Å². The molecule has 0 saturated carbocycles. The largest absolute Gasteiger partial charge is 0.388 e. The standard InChI is InChI=1S/C17H21NO.ClH/c1-14(18-13-15-8-4-2-5-9-15)12-17(19)16-10-6-3-7-11-16;/h2-11,14,17-19H,12-13H2,1H3;1H. The first kappa shape index (κ1) is 16.7. The lowest BCUT2D eigenvalue weighted by Crippen LogP contribution is -2.27. The highest BCUT2D eigenvalue weighted by Gasteiger charge is 2.11. The van der Waals surface area contributed by atoms with Crippen molar-refractivity contribution in [2.75, 3.05) is 0 Å². The molecule has 0 amide bonds. The van der Waals surface area contributed by atoms with Crippen molar-refractivity contribution in [3.05, 3.63) is 71.8 Å². The zero-order valence-corrected chi connectivity index (χ0v) is 12.5. The molecule has 0 heterocycles. The Morgan fingerprint density at radius 1 is 0.950 bits per heavy atom. The van der Waals surface area contributed by atoms with Gasteiger partial charge in [-0.25, -0.2) is 0 Å². The zero-order chi connectivity index (χ0) is 13.5. The third-order valence-corrected chi connectivity index (χ3v) is 3.26. The van der Waals surface area contributed by atoms with E-state index in [4.69, 9.17) is 0 Å². The Labute approximate surface area is 127 Å². The first-order valence-electron chi connectivity index (χ1n) is 6.76. The van der Waals surface area contributed by atoms with Crippen molar-refractivity contribution in [2.45, 2.75) is 32.0 Å². The minimum Gasteiger partial charge on any atom is -0.388 e. The summed E-state index contributed by atoms with van der Waals surface area (Å²) in [6.07, 6.45) is 0.316. The van der Waals surface area contributed by atoms with Gasteiger partial charge in [-0.15, -0.1) is 12.4 Å². The molecule has 20 heavy (non-hydrogen) atoms. The number of nitrogens with one attached hydrogen (secondary N) is 1. The molecule has 2 rings (SSSR count). The van der Waals surface area contributed by atoms with E-state index >= 15 is 0 Å². The number of hydrogen-bond acceptors (Lipinski definition) is 2. The zero-order valence-electron chi connectivity index (χ0n) is 11.7. The molecular weight excluding hydrogens is 270 g/mol. The highest BCUT2D eigenvalue weighted by molar-refractivity contribution is 5.85. The molecule has 0 aliphatic carbocycles. The van der Waals surface area contributed by atoms with Crippen molar-refractivity contribution in [2.24, 2.45) is 0 Å². The summed E-state index contributed by atoms with van der Waals surface area (Å²) < 4.78 is 0. The van der Waals surface area contributed by atoms with Gasteiger partial charge in [-0.05, 0) is 24.5 Å². The summed E-state index contributed by atoms with van der Waals surface area (Å²) in [6.45, 7) is 2.94. The maximum atomic E-state index is 10.1. The second-order valence-corrected chi connectivity index (χ2v) is 4.93. The van der Waals surface area contributed by atoms with Gasteiger partial charge in [0.1, 0.15) is 0 Å². The summed E-state index contributed by atoms with van der Waals surface area (Å²) in [5, 5.41) is 13.6. The lowest BCUT2D eigenvalue weighted by Gasteiger charge is -2.18.